The van der Waals surface area contributed by atoms with Gasteiger partial charge < -0.3 is 10.5 Å². The molecule has 0 aliphatic rings. The molecule has 0 aliphatic heterocycles. The molecule has 108 valence electrons. The van der Waals surface area contributed by atoms with Gasteiger partial charge in [-0.05, 0) is 17.7 Å². The molecule has 5 nitrogen and oxygen atoms in total. The van der Waals surface area contributed by atoms with Crippen LogP contribution in [-0.2, 0) is 27.2 Å². The van der Waals surface area contributed by atoms with Crippen LogP contribution in [0, 0.1) is 0 Å². The lowest BCUT2D eigenvalue weighted by Gasteiger charge is -2.06. The number of hydrogen-bond donors (Lipinski definition) is 1. The molecule has 1 atom stereocenters. The standard InChI is InChI=1S/C12H19NO4S2/c1-19(15,16)9-8-18(14)7-6-17-12-4-2-11(10-13)3-5-12/h2-5H,6-10,13H2,1H3. The molecule has 0 amide bonds. The van der Waals surface area contributed by atoms with Gasteiger partial charge in [0.2, 0.25) is 0 Å². The van der Waals surface area contributed by atoms with E-state index in [2.05, 4.69) is 0 Å². The van der Waals surface area contributed by atoms with Crippen molar-refractivity contribution < 1.29 is 17.4 Å². The summed E-state index contributed by atoms with van der Waals surface area (Å²) in [4.78, 5) is 0. The third-order valence-electron chi connectivity index (χ3n) is 2.42. The van der Waals surface area contributed by atoms with Gasteiger partial charge in [-0.25, -0.2) is 8.42 Å². The maximum Gasteiger partial charge on any atom is 0.148 e. The Kier molecular flexibility index (Phi) is 6.47. The van der Waals surface area contributed by atoms with Crippen molar-refractivity contribution in [1.82, 2.24) is 0 Å². The molecule has 1 aromatic rings. The van der Waals surface area contributed by atoms with E-state index in [1.54, 1.807) is 0 Å². The Morgan fingerprint density at radius 1 is 1.21 bits per heavy atom. The van der Waals surface area contributed by atoms with E-state index in [1.165, 1.54) is 0 Å². The predicted molar refractivity (Wildman–Crippen MR) is 77.4 cm³/mol. The van der Waals surface area contributed by atoms with Crippen LogP contribution in [0.2, 0.25) is 0 Å². The number of nitrogens with two attached hydrogens (primary N) is 1. The average molecular weight is 305 g/mol. The molecule has 1 rings (SSSR count). The van der Waals surface area contributed by atoms with Crippen LogP contribution in [0.1, 0.15) is 5.56 Å². The third kappa shape index (κ3) is 7.29. The van der Waals surface area contributed by atoms with Crippen molar-refractivity contribution in [3.05, 3.63) is 29.8 Å². The van der Waals surface area contributed by atoms with E-state index in [0.717, 1.165) is 11.8 Å². The van der Waals surface area contributed by atoms with Crippen LogP contribution >= 0.6 is 0 Å². The van der Waals surface area contributed by atoms with Gasteiger partial charge in [-0.15, -0.1) is 0 Å². The van der Waals surface area contributed by atoms with Gasteiger partial charge in [0.05, 0.1) is 18.1 Å². The normalized spacial score (nSPS) is 13.2. The summed E-state index contributed by atoms with van der Waals surface area (Å²) in [6.07, 6.45) is 1.14. The molecule has 7 heteroatoms. The molecule has 0 aliphatic carbocycles. The van der Waals surface area contributed by atoms with Gasteiger partial charge in [0, 0.05) is 29.4 Å². The molecule has 0 fully saturated rings. The van der Waals surface area contributed by atoms with Gasteiger partial charge in [-0.3, -0.25) is 4.21 Å². The average Bonchev–Trinajstić information content (AvgIpc) is 2.36. The van der Waals surface area contributed by atoms with Crippen molar-refractivity contribution in [3.8, 4) is 5.75 Å². The Balaban J connectivity index is 2.27. The van der Waals surface area contributed by atoms with Gasteiger partial charge in [0.25, 0.3) is 0 Å². The largest absolute Gasteiger partial charge is 0.493 e. The van der Waals surface area contributed by atoms with Gasteiger partial charge in [0.15, 0.2) is 0 Å². The monoisotopic (exact) mass is 305 g/mol. The third-order valence-corrected chi connectivity index (χ3v) is 4.91. The predicted octanol–water partition coefficient (Wildman–Crippen LogP) is 0.317. The minimum atomic E-state index is -3.05. The minimum Gasteiger partial charge on any atom is -0.493 e. The number of rotatable bonds is 8. The lowest BCUT2D eigenvalue weighted by Crippen LogP contribution is -2.16. The highest BCUT2D eigenvalue weighted by Gasteiger charge is 2.07. The van der Waals surface area contributed by atoms with E-state index in [1.807, 2.05) is 24.3 Å². The maximum atomic E-state index is 11.5. The van der Waals surface area contributed by atoms with Crippen LogP contribution in [0.3, 0.4) is 0 Å². The van der Waals surface area contributed by atoms with E-state index >= 15 is 0 Å². The highest BCUT2D eigenvalue weighted by atomic mass is 32.2. The van der Waals surface area contributed by atoms with Crippen LogP contribution < -0.4 is 10.5 Å². The molecule has 2 N–H and O–H groups in total. The molecule has 0 saturated carbocycles. The SMILES string of the molecule is CS(=O)(=O)CCS(=O)CCOc1ccc(CN)cc1. The second kappa shape index (κ2) is 7.62. The summed E-state index contributed by atoms with van der Waals surface area (Å²) < 4.78 is 38.8. The summed E-state index contributed by atoms with van der Waals surface area (Å²) in [5.41, 5.74) is 6.50. The molecule has 19 heavy (non-hydrogen) atoms. The first-order chi connectivity index (χ1) is 8.90. The first-order valence-corrected chi connectivity index (χ1v) is 9.40. The van der Waals surface area contributed by atoms with Crippen LogP contribution in [0.4, 0.5) is 0 Å². The van der Waals surface area contributed by atoms with Crippen molar-refractivity contribution in [1.29, 1.82) is 0 Å². The smallest absolute Gasteiger partial charge is 0.148 e. The van der Waals surface area contributed by atoms with Crippen LogP contribution in [-0.4, -0.2) is 42.7 Å². The van der Waals surface area contributed by atoms with Crippen molar-refractivity contribution in [2.45, 2.75) is 6.54 Å². The summed E-state index contributed by atoms with van der Waals surface area (Å²) >= 11 is 0. The van der Waals surface area contributed by atoms with Crippen molar-refractivity contribution in [3.63, 3.8) is 0 Å². The zero-order valence-corrected chi connectivity index (χ0v) is 12.5. The van der Waals surface area contributed by atoms with Gasteiger partial charge in [0.1, 0.15) is 15.6 Å². The lowest BCUT2D eigenvalue weighted by molar-refractivity contribution is 0.342. The first-order valence-electron chi connectivity index (χ1n) is 5.85. The van der Waals surface area contributed by atoms with Gasteiger partial charge in [-0.1, -0.05) is 12.1 Å². The van der Waals surface area contributed by atoms with Crippen molar-refractivity contribution in [2.75, 3.05) is 30.1 Å². The molecule has 0 heterocycles. The number of sulfone groups is 1. The second-order valence-electron chi connectivity index (χ2n) is 4.17. The van der Waals surface area contributed by atoms with E-state index < -0.39 is 20.6 Å². The topological polar surface area (TPSA) is 86.5 Å². The first kappa shape index (κ1) is 16.1. The Labute approximate surface area is 116 Å². The molecule has 0 aromatic heterocycles. The minimum absolute atomic E-state index is 0.0508. The maximum absolute atomic E-state index is 11.5. The summed E-state index contributed by atoms with van der Waals surface area (Å²) in [7, 11) is -4.22. The fourth-order valence-corrected chi connectivity index (χ4v) is 3.75. The highest BCUT2D eigenvalue weighted by Crippen LogP contribution is 2.11. The Morgan fingerprint density at radius 3 is 2.37 bits per heavy atom. The van der Waals surface area contributed by atoms with E-state index in [-0.39, 0.29) is 11.5 Å². The zero-order valence-electron chi connectivity index (χ0n) is 10.9. The van der Waals surface area contributed by atoms with Crippen LogP contribution in [0.15, 0.2) is 24.3 Å². The summed E-state index contributed by atoms with van der Waals surface area (Å²) in [5, 5.41) is 0. The molecule has 0 radical (unpaired) electrons. The van der Waals surface area contributed by atoms with Crippen molar-refractivity contribution >= 4 is 20.6 Å². The fraction of sp³-hybridized carbons (Fsp3) is 0.500. The van der Waals surface area contributed by atoms with E-state index in [9.17, 15) is 12.6 Å². The van der Waals surface area contributed by atoms with Crippen LogP contribution in [0.25, 0.3) is 0 Å². The van der Waals surface area contributed by atoms with Crippen LogP contribution in [0.5, 0.6) is 5.75 Å². The second-order valence-corrected chi connectivity index (χ2v) is 8.13. The highest BCUT2D eigenvalue weighted by molar-refractivity contribution is 7.92. The van der Waals surface area contributed by atoms with Gasteiger partial charge >= 0.3 is 0 Å². The molecular weight excluding hydrogens is 286 g/mol. The summed E-state index contributed by atoms with van der Waals surface area (Å²) in [6.45, 7) is 0.786. The Morgan fingerprint density at radius 2 is 1.84 bits per heavy atom. The summed E-state index contributed by atoms with van der Waals surface area (Å²) in [5.74, 6) is 1.13. The molecular formula is C12H19NO4S2. The van der Waals surface area contributed by atoms with E-state index in [4.69, 9.17) is 10.5 Å². The zero-order chi connectivity index (χ0) is 14.3. The Hall–Kier alpha value is -0.920. The van der Waals surface area contributed by atoms with Crippen molar-refractivity contribution in [2.24, 2.45) is 5.73 Å². The molecule has 0 bridgehead atoms. The number of hydrogen-bond acceptors (Lipinski definition) is 5. The Bertz CT molecular complexity index is 511. The molecule has 1 unspecified atom stereocenters. The molecule has 0 spiro atoms. The lowest BCUT2D eigenvalue weighted by atomic mass is 10.2. The number of ether oxygens (including phenoxy) is 1. The quantitative estimate of drug-likeness (QED) is 0.747. The fourth-order valence-electron chi connectivity index (χ4n) is 1.32. The summed E-state index contributed by atoms with van der Waals surface area (Å²) in [6, 6.07) is 7.36. The molecule has 1 aromatic carbocycles. The van der Waals surface area contributed by atoms with E-state index in [0.29, 0.717) is 24.7 Å². The van der Waals surface area contributed by atoms with Gasteiger partial charge in [-0.2, -0.15) is 0 Å². The molecule has 0 saturated heterocycles. The number of benzene rings is 1.